The molecule has 0 spiro atoms. The van der Waals surface area contributed by atoms with Gasteiger partial charge in [0.15, 0.2) is 0 Å². The standard InChI is InChI=1S/C24H24N2O2.2ClH.Zr/c1-15-9-17(3)23(27)19(11-15)13-25-21-7-5-6-8-22(21)26-14-20-12-16(2)10-18(4)24(20)28;;;/h5-14,27-28H,1-4H3;2*1H;/q;;;+2/p-2. The van der Waals surface area contributed by atoms with Gasteiger partial charge in [0, 0.05) is 23.6 Å². The minimum absolute atomic E-state index is 0.232. The molecule has 160 valence electrons. The van der Waals surface area contributed by atoms with Gasteiger partial charge in [0.05, 0.1) is 11.4 Å². The summed E-state index contributed by atoms with van der Waals surface area (Å²) in [7, 11) is 9.87. The van der Waals surface area contributed by atoms with E-state index in [1.54, 1.807) is 12.4 Å². The van der Waals surface area contributed by atoms with E-state index in [0.29, 0.717) is 22.5 Å². The molecule has 3 aromatic rings. The molecule has 0 amide bonds. The van der Waals surface area contributed by atoms with Crippen molar-refractivity contribution >= 4 is 40.8 Å². The van der Waals surface area contributed by atoms with E-state index in [0.717, 1.165) is 22.3 Å². The Labute approximate surface area is 202 Å². The van der Waals surface area contributed by atoms with Crippen LogP contribution in [0, 0.1) is 27.7 Å². The number of para-hydroxylation sites is 2. The number of hydrogen-bond donors (Lipinski definition) is 2. The molecule has 0 saturated carbocycles. The number of phenolic OH excluding ortho intramolecular Hbond substituents is 2. The van der Waals surface area contributed by atoms with Gasteiger partial charge in [-0.25, -0.2) is 0 Å². The van der Waals surface area contributed by atoms with E-state index in [9.17, 15) is 10.2 Å². The first-order valence-corrected chi connectivity index (χ1v) is 15.8. The molecule has 0 heterocycles. The summed E-state index contributed by atoms with van der Waals surface area (Å²) in [5, 5.41) is 20.5. The molecule has 2 N–H and O–H groups in total. The van der Waals surface area contributed by atoms with Crippen LogP contribution < -0.4 is 0 Å². The van der Waals surface area contributed by atoms with Gasteiger partial charge in [0.1, 0.15) is 11.5 Å². The summed E-state index contributed by atoms with van der Waals surface area (Å²) in [5.41, 5.74) is 6.46. The predicted molar refractivity (Wildman–Crippen MR) is 128 cm³/mol. The normalized spacial score (nSPS) is 10.9. The molecular formula is C24H24Cl2N2O2Zr. The number of phenols is 2. The van der Waals surface area contributed by atoms with Gasteiger partial charge in [-0.05, 0) is 74.2 Å². The van der Waals surface area contributed by atoms with Gasteiger partial charge >= 0.3 is 37.9 Å². The predicted octanol–water partition coefficient (Wildman–Crippen LogP) is 7.21. The molecule has 0 bridgehead atoms. The minimum atomic E-state index is -0.826. The zero-order valence-electron chi connectivity index (χ0n) is 17.8. The van der Waals surface area contributed by atoms with Crippen LogP contribution in [0.25, 0.3) is 0 Å². The van der Waals surface area contributed by atoms with Crippen molar-refractivity contribution in [2.75, 3.05) is 0 Å². The molecule has 7 heteroatoms. The zero-order chi connectivity index (χ0) is 23.0. The van der Waals surface area contributed by atoms with Crippen molar-refractivity contribution in [3.8, 4) is 11.5 Å². The summed E-state index contributed by atoms with van der Waals surface area (Å²) >= 11 is -0.826. The first-order valence-electron chi connectivity index (χ1n) is 9.50. The summed E-state index contributed by atoms with van der Waals surface area (Å²) in [6, 6.07) is 15.2. The van der Waals surface area contributed by atoms with Crippen molar-refractivity contribution in [3.63, 3.8) is 0 Å². The van der Waals surface area contributed by atoms with E-state index in [-0.39, 0.29) is 11.5 Å². The summed E-state index contributed by atoms with van der Waals surface area (Å²) in [4.78, 5) is 9.06. The van der Waals surface area contributed by atoms with Crippen LogP contribution in [-0.2, 0) is 20.8 Å². The molecule has 3 aromatic carbocycles. The fourth-order valence-corrected chi connectivity index (χ4v) is 3.14. The Morgan fingerprint density at radius 3 is 1.42 bits per heavy atom. The third-order valence-electron chi connectivity index (χ3n) is 4.52. The Balaban J connectivity index is 0.00000107. The third kappa shape index (κ3) is 7.31. The summed E-state index contributed by atoms with van der Waals surface area (Å²) in [6.07, 6.45) is 3.30. The Kier molecular flexibility index (Phi) is 9.96. The molecule has 0 aliphatic heterocycles. The van der Waals surface area contributed by atoms with Crippen LogP contribution in [0.4, 0.5) is 11.4 Å². The number of halogens is 2. The fraction of sp³-hybridized carbons (Fsp3) is 0.167. The second-order valence-electron chi connectivity index (χ2n) is 7.12. The summed E-state index contributed by atoms with van der Waals surface area (Å²) in [5.74, 6) is 0.464. The number of aromatic hydroxyl groups is 2. The van der Waals surface area contributed by atoms with Crippen LogP contribution in [0.3, 0.4) is 0 Å². The van der Waals surface area contributed by atoms with Gasteiger partial charge in [-0.3, -0.25) is 9.98 Å². The first kappa shape index (κ1) is 25.3. The summed E-state index contributed by atoms with van der Waals surface area (Å²) in [6.45, 7) is 7.71. The number of rotatable bonds is 4. The molecule has 0 aliphatic carbocycles. The molecule has 0 atom stereocenters. The molecule has 0 saturated heterocycles. The van der Waals surface area contributed by atoms with Crippen molar-refractivity contribution < 1.29 is 31.1 Å². The first-order chi connectivity index (χ1) is 14.8. The van der Waals surface area contributed by atoms with E-state index < -0.39 is 20.8 Å². The van der Waals surface area contributed by atoms with Gasteiger partial charge in [-0.1, -0.05) is 24.3 Å². The molecule has 3 rings (SSSR count). The number of hydrogen-bond acceptors (Lipinski definition) is 4. The maximum absolute atomic E-state index is 10.3. The van der Waals surface area contributed by atoms with E-state index in [1.807, 2.05) is 76.2 Å². The number of benzene rings is 3. The number of aryl methyl sites for hydroxylation is 4. The molecule has 4 nitrogen and oxygen atoms in total. The monoisotopic (exact) mass is 532 g/mol. The van der Waals surface area contributed by atoms with Crippen LogP contribution in [0.5, 0.6) is 11.5 Å². The van der Waals surface area contributed by atoms with E-state index in [4.69, 9.17) is 17.0 Å². The molecule has 0 aromatic heterocycles. The van der Waals surface area contributed by atoms with E-state index in [2.05, 4.69) is 9.98 Å². The molecular weight excluding hydrogens is 510 g/mol. The third-order valence-corrected chi connectivity index (χ3v) is 4.52. The van der Waals surface area contributed by atoms with Crippen LogP contribution in [0.2, 0.25) is 0 Å². The molecule has 0 unspecified atom stereocenters. The van der Waals surface area contributed by atoms with Crippen molar-refractivity contribution in [2.24, 2.45) is 9.98 Å². The van der Waals surface area contributed by atoms with Crippen LogP contribution in [0.1, 0.15) is 33.4 Å². The second-order valence-corrected chi connectivity index (χ2v) is 10.8. The zero-order valence-corrected chi connectivity index (χ0v) is 21.8. The van der Waals surface area contributed by atoms with Gasteiger partial charge in [0.2, 0.25) is 0 Å². The van der Waals surface area contributed by atoms with Gasteiger partial charge < -0.3 is 10.2 Å². The molecule has 31 heavy (non-hydrogen) atoms. The second kappa shape index (κ2) is 12.2. The van der Waals surface area contributed by atoms with Gasteiger partial charge in [-0.2, -0.15) is 0 Å². The van der Waals surface area contributed by atoms with Crippen molar-refractivity contribution in [1.82, 2.24) is 0 Å². The fourth-order valence-electron chi connectivity index (χ4n) is 3.14. The molecule has 0 radical (unpaired) electrons. The summed E-state index contributed by atoms with van der Waals surface area (Å²) < 4.78 is 0. The van der Waals surface area contributed by atoms with Crippen molar-refractivity contribution in [1.29, 1.82) is 0 Å². The van der Waals surface area contributed by atoms with Crippen molar-refractivity contribution in [2.45, 2.75) is 27.7 Å². The quantitative estimate of drug-likeness (QED) is 0.348. The molecule has 0 aliphatic rings. The average Bonchev–Trinajstić information content (AvgIpc) is 2.72. The van der Waals surface area contributed by atoms with Gasteiger partial charge in [-0.15, -0.1) is 0 Å². The Bertz CT molecular complexity index is 1030. The van der Waals surface area contributed by atoms with Crippen LogP contribution in [0.15, 0.2) is 58.5 Å². The Morgan fingerprint density at radius 1 is 0.710 bits per heavy atom. The van der Waals surface area contributed by atoms with Crippen molar-refractivity contribution in [3.05, 3.63) is 81.9 Å². The SMILES string of the molecule is Cc1cc(C)c(O)c(C=Nc2ccccc2N=Cc2cc(C)cc(C)c2O)c1.[Cl][Zr][Cl]. The van der Waals surface area contributed by atoms with E-state index >= 15 is 0 Å². The maximum atomic E-state index is 10.3. The van der Waals surface area contributed by atoms with Gasteiger partial charge in [0.25, 0.3) is 0 Å². The number of nitrogens with zero attached hydrogens (tertiary/aromatic N) is 2. The van der Waals surface area contributed by atoms with Crippen LogP contribution in [-0.4, -0.2) is 22.6 Å². The number of aliphatic imine (C=N–C) groups is 2. The topological polar surface area (TPSA) is 65.2 Å². The Morgan fingerprint density at radius 2 is 1.06 bits per heavy atom. The van der Waals surface area contributed by atoms with Crippen LogP contribution >= 0.6 is 17.0 Å². The van der Waals surface area contributed by atoms with E-state index in [1.165, 1.54) is 0 Å². The molecule has 0 fully saturated rings. The average molecular weight is 535 g/mol. The Hall–Kier alpha value is -1.94.